The summed E-state index contributed by atoms with van der Waals surface area (Å²) in [6.07, 6.45) is 7.55. The van der Waals surface area contributed by atoms with Crippen molar-refractivity contribution in [1.29, 1.82) is 0 Å². The van der Waals surface area contributed by atoms with Gasteiger partial charge in [0.2, 0.25) is 11.8 Å². The average molecular weight is 341 g/mol. The van der Waals surface area contributed by atoms with Crippen LogP contribution in [0.5, 0.6) is 0 Å². The van der Waals surface area contributed by atoms with Crippen LogP contribution in [-0.2, 0) is 9.59 Å². The van der Waals surface area contributed by atoms with E-state index in [1.165, 1.54) is 0 Å². The lowest BCUT2D eigenvalue weighted by Crippen LogP contribution is -2.46. The zero-order chi connectivity index (χ0) is 17.5. The lowest BCUT2D eigenvalue weighted by molar-refractivity contribution is -0.127. The van der Waals surface area contributed by atoms with Crippen LogP contribution in [0.3, 0.4) is 0 Å². The summed E-state index contributed by atoms with van der Waals surface area (Å²) in [5.74, 6) is 0.496. The first-order chi connectivity index (χ1) is 12.2. The van der Waals surface area contributed by atoms with Gasteiger partial charge in [-0.2, -0.15) is 0 Å². The lowest BCUT2D eigenvalue weighted by Gasteiger charge is -2.32. The van der Waals surface area contributed by atoms with Gasteiger partial charge in [0, 0.05) is 25.7 Å². The molecule has 0 aromatic heterocycles. The molecule has 2 atom stereocenters. The topological polar surface area (TPSA) is 61.4 Å². The number of hydrogen-bond acceptors (Lipinski definition) is 3. The number of carbonyl (C=O) groups is 2. The molecular formula is C20H27N3O2. The fourth-order valence-corrected chi connectivity index (χ4v) is 3.55. The third-order valence-electron chi connectivity index (χ3n) is 4.99. The number of likely N-dealkylation sites (tertiary alicyclic amines) is 1. The molecule has 0 saturated carbocycles. The van der Waals surface area contributed by atoms with Crippen molar-refractivity contribution in [3.05, 3.63) is 42.0 Å². The predicted octanol–water partition coefficient (Wildman–Crippen LogP) is 1.81. The molecule has 1 aromatic carbocycles. The molecular weight excluding hydrogens is 314 g/mol. The molecule has 2 N–H and O–H groups in total. The molecule has 0 radical (unpaired) electrons. The Morgan fingerprint density at radius 2 is 2.04 bits per heavy atom. The molecule has 3 rings (SSSR count). The number of rotatable bonds is 5. The second kappa shape index (κ2) is 8.81. The van der Waals surface area contributed by atoms with Crippen molar-refractivity contribution in [2.75, 3.05) is 26.2 Å². The van der Waals surface area contributed by atoms with Crippen molar-refractivity contribution in [3.8, 4) is 0 Å². The summed E-state index contributed by atoms with van der Waals surface area (Å²) in [6.45, 7) is 3.10. The molecule has 0 bridgehead atoms. The van der Waals surface area contributed by atoms with Crippen LogP contribution in [0.25, 0.3) is 6.08 Å². The van der Waals surface area contributed by atoms with Gasteiger partial charge in [0.05, 0.1) is 6.04 Å². The van der Waals surface area contributed by atoms with Gasteiger partial charge in [-0.1, -0.05) is 30.3 Å². The number of carbonyl (C=O) groups excluding carboxylic acids is 2. The maximum absolute atomic E-state index is 12.4. The quantitative estimate of drug-likeness (QED) is 0.803. The molecule has 0 unspecified atom stereocenters. The Morgan fingerprint density at radius 1 is 1.20 bits per heavy atom. The minimum Gasteiger partial charge on any atom is -0.354 e. The Bertz CT molecular complexity index is 609. The SMILES string of the molecule is O=C(NC[C@@H]1CCCN(C(=O)/C=C/c2ccccc2)C1)[C@@H]1CCCN1. The maximum Gasteiger partial charge on any atom is 0.246 e. The van der Waals surface area contributed by atoms with E-state index in [1.54, 1.807) is 6.08 Å². The van der Waals surface area contributed by atoms with Crippen molar-refractivity contribution in [2.24, 2.45) is 5.92 Å². The summed E-state index contributed by atoms with van der Waals surface area (Å²) < 4.78 is 0. The van der Waals surface area contributed by atoms with Crippen LogP contribution in [0.15, 0.2) is 36.4 Å². The number of nitrogens with one attached hydrogen (secondary N) is 2. The number of amides is 2. The Morgan fingerprint density at radius 3 is 2.80 bits per heavy atom. The molecule has 5 heteroatoms. The molecule has 0 spiro atoms. The monoisotopic (exact) mass is 341 g/mol. The molecule has 2 heterocycles. The Balaban J connectivity index is 1.46. The van der Waals surface area contributed by atoms with Crippen LogP contribution in [0.4, 0.5) is 0 Å². The molecule has 1 aromatic rings. The van der Waals surface area contributed by atoms with Crippen molar-refractivity contribution in [2.45, 2.75) is 31.7 Å². The van der Waals surface area contributed by atoms with E-state index in [9.17, 15) is 9.59 Å². The molecule has 2 saturated heterocycles. The Kier molecular flexibility index (Phi) is 6.23. The van der Waals surface area contributed by atoms with Gasteiger partial charge < -0.3 is 15.5 Å². The molecule has 2 fully saturated rings. The van der Waals surface area contributed by atoms with Crippen molar-refractivity contribution in [3.63, 3.8) is 0 Å². The van der Waals surface area contributed by atoms with Gasteiger partial charge in [0.25, 0.3) is 0 Å². The van der Waals surface area contributed by atoms with Crippen molar-refractivity contribution in [1.82, 2.24) is 15.5 Å². The summed E-state index contributed by atoms with van der Waals surface area (Å²) in [5, 5.41) is 6.27. The third kappa shape index (κ3) is 5.16. The summed E-state index contributed by atoms with van der Waals surface area (Å²) in [5.41, 5.74) is 1.03. The van der Waals surface area contributed by atoms with E-state index in [1.807, 2.05) is 41.3 Å². The van der Waals surface area contributed by atoms with Crippen LogP contribution in [0.1, 0.15) is 31.2 Å². The molecule has 2 aliphatic heterocycles. The van der Waals surface area contributed by atoms with Gasteiger partial charge in [-0.25, -0.2) is 0 Å². The van der Waals surface area contributed by atoms with Crippen molar-refractivity contribution >= 4 is 17.9 Å². The Labute approximate surface area is 149 Å². The van der Waals surface area contributed by atoms with Crippen LogP contribution >= 0.6 is 0 Å². The zero-order valence-electron chi connectivity index (χ0n) is 14.6. The third-order valence-corrected chi connectivity index (χ3v) is 4.99. The van der Waals surface area contributed by atoms with E-state index in [0.717, 1.165) is 50.9 Å². The van der Waals surface area contributed by atoms with Gasteiger partial charge in [0.1, 0.15) is 0 Å². The van der Waals surface area contributed by atoms with Gasteiger partial charge in [-0.15, -0.1) is 0 Å². The minimum absolute atomic E-state index is 0.0323. The van der Waals surface area contributed by atoms with E-state index < -0.39 is 0 Å². The van der Waals surface area contributed by atoms with Gasteiger partial charge in [-0.05, 0) is 49.8 Å². The van der Waals surface area contributed by atoms with Gasteiger partial charge in [0.15, 0.2) is 0 Å². The summed E-state index contributed by atoms with van der Waals surface area (Å²) in [4.78, 5) is 26.4. The molecule has 25 heavy (non-hydrogen) atoms. The van der Waals surface area contributed by atoms with Gasteiger partial charge in [-0.3, -0.25) is 9.59 Å². The van der Waals surface area contributed by atoms with Crippen molar-refractivity contribution < 1.29 is 9.59 Å². The molecule has 5 nitrogen and oxygen atoms in total. The average Bonchev–Trinajstić information content (AvgIpc) is 3.20. The van der Waals surface area contributed by atoms with Crippen LogP contribution < -0.4 is 10.6 Å². The number of piperidine rings is 1. The first kappa shape index (κ1) is 17.7. The fourth-order valence-electron chi connectivity index (χ4n) is 3.55. The largest absolute Gasteiger partial charge is 0.354 e. The van der Waals surface area contributed by atoms with E-state index in [-0.39, 0.29) is 17.9 Å². The molecule has 2 aliphatic rings. The van der Waals surface area contributed by atoms with Crippen LogP contribution in [0, 0.1) is 5.92 Å². The second-order valence-corrected chi connectivity index (χ2v) is 6.93. The van der Waals surface area contributed by atoms with E-state index in [4.69, 9.17) is 0 Å². The first-order valence-corrected chi connectivity index (χ1v) is 9.25. The van der Waals surface area contributed by atoms with E-state index in [0.29, 0.717) is 12.5 Å². The number of benzene rings is 1. The highest BCUT2D eigenvalue weighted by atomic mass is 16.2. The van der Waals surface area contributed by atoms with Crippen LogP contribution in [0.2, 0.25) is 0 Å². The summed E-state index contributed by atoms with van der Waals surface area (Å²) in [6, 6.07) is 9.82. The molecule has 0 aliphatic carbocycles. The molecule has 134 valence electrons. The minimum atomic E-state index is -0.0323. The fraction of sp³-hybridized carbons (Fsp3) is 0.500. The van der Waals surface area contributed by atoms with Gasteiger partial charge >= 0.3 is 0 Å². The smallest absolute Gasteiger partial charge is 0.246 e. The maximum atomic E-state index is 12.4. The van der Waals surface area contributed by atoms with E-state index in [2.05, 4.69) is 10.6 Å². The highest BCUT2D eigenvalue weighted by molar-refractivity contribution is 5.91. The highest BCUT2D eigenvalue weighted by Gasteiger charge is 2.25. The predicted molar refractivity (Wildman–Crippen MR) is 98.8 cm³/mol. The summed E-state index contributed by atoms with van der Waals surface area (Å²) in [7, 11) is 0. The Hall–Kier alpha value is -2.14. The normalized spacial score (nSPS) is 23.8. The number of nitrogens with zero attached hydrogens (tertiary/aromatic N) is 1. The highest BCUT2D eigenvalue weighted by Crippen LogP contribution is 2.17. The summed E-state index contributed by atoms with van der Waals surface area (Å²) >= 11 is 0. The number of hydrogen-bond donors (Lipinski definition) is 2. The zero-order valence-corrected chi connectivity index (χ0v) is 14.6. The molecule has 2 amide bonds. The standard InChI is InChI=1S/C20H27N3O2/c24-19(11-10-16-6-2-1-3-7-16)23-13-5-8-17(15-23)14-22-20(25)18-9-4-12-21-18/h1-3,6-7,10-11,17-18,21H,4-5,8-9,12-15H2,(H,22,25)/b11-10+/t17-,18-/m0/s1. The first-order valence-electron chi connectivity index (χ1n) is 9.25. The van der Waals surface area contributed by atoms with Crippen LogP contribution in [-0.4, -0.2) is 48.9 Å². The second-order valence-electron chi connectivity index (χ2n) is 6.93. The van der Waals surface area contributed by atoms with E-state index >= 15 is 0 Å². The lowest BCUT2D eigenvalue weighted by atomic mass is 9.97.